The molecule has 2 rings (SSSR count). The molecule has 7 heteroatoms. The van der Waals surface area contributed by atoms with Crippen LogP contribution in [0, 0.1) is 0 Å². The van der Waals surface area contributed by atoms with E-state index in [9.17, 15) is 9.90 Å². The van der Waals surface area contributed by atoms with E-state index in [2.05, 4.69) is 10.2 Å². The van der Waals surface area contributed by atoms with Crippen molar-refractivity contribution >= 4 is 12.1 Å². The van der Waals surface area contributed by atoms with Gasteiger partial charge in [0.1, 0.15) is 0 Å². The molecule has 1 heterocycles. The Kier molecular flexibility index (Phi) is 7.53. The van der Waals surface area contributed by atoms with E-state index < -0.39 is 0 Å². The van der Waals surface area contributed by atoms with Gasteiger partial charge in [-0.2, -0.15) is 0 Å². The third-order valence-electron chi connectivity index (χ3n) is 4.13. The van der Waals surface area contributed by atoms with Gasteiger partial charge in [-0.25, -0.2) is 9.79 Å². The van der Waals surface area contributed by atoms with E-state index in [-0.39, 0.29) is 12.7 Å². The smallest absolute Gasteiger partial charge is 0.409 e. The fraction of sp³-hybridized carbons (Fsp3) is 0.556. The van der Waals surface area contributed by atoms with Crippen molar-refractivity contribution in [3.8, 4) is 0 Å². The van der Waals surface area contributed by atoms with Crippen LogP contribution in [0.1, 0.15) is 25.0 Å². The number of carbonyl (C=O) groups excluding carboxylic acids is 1. The lowest BCUT2D eigenvalue weighted by Crippen LogP contribution is -2.53. The largest absolute Gasteiger partial charge is 0.450 e. The van der Waals surface area contributed by atoms with Crippen molar-refractivity contribution in [2.75, 3.05) is 39.3 Å². The van der Waals surface area contributed by atoms with Gasteiger partial charge in [-0.05, 0) is 25.0 Å². The molecule has 1 aromatic rings. The number of piperazine rings is 1. The quantitative estimate of drug-likeness (QED) is 0.622. The van der Waals surface area contributed by atoms with E-state index in [1.807, 2.05) is 38.1 Å². The highest BCUT2D eigenvalue weighted by Crippen LogP contribution is 2.11. The summed E-state index contributed by atoms with van der Waals surface area (Å²) >= 11 is 0. The number of benzene rings is 1. The normalized spacial score (nSPS) is 15.2. The third-order valence-corrected chi connectivity index (χ3v) is 4.13. The highest BCUT2D eigenvalue weighted by Gasteiger charge is 2.23. The van der Waals surface area contributed by atoms with Crippen molar-refractivity contribution < 1.29 is 14.6 Å². The van der Waals surface area contributed by atoms with E-state index in [1.54, 1.807) is 4.90 Å². The summed E-state index contributed by atoms with van der Waals surface area (Å²) < 4.78 is 5.05. The van der Waals surface area contributed by atoms with Gasteiger partial charge in [0, 0.05) is 32.7 Å². The fourth-order valence-corrected chi connectivity index (χ4v) is 2.77. The molecule has 0 saturated carbocycles. The molecule has 0 bridgehead atoms. The number of nitrogens with one attached hydrogen (secondary N) is 1. The van der Waals surface area contributed by atoms with Crippen LogP contribution in [0.3, 0.4) is 0 Å². The highest BCUT2D eigenvalue weighted by molar-refractivity contribution is 5.80. The molecule has 1 aliphatic rings. The number of nitrogens with zero attached hydrogens (tertiary/aromatic N) is 3. The van der Waals surface area contributed by atoms with E-state index in [0.29, 0.717) is 39.3 Å². The lowest BCUT2D eigenvalue weighted by Gasteiger charge is -2.35. The molecule has 0 aromatic heterocycles. The molecule has 25 heavy (non-hydrogen) atoms. The van der Waals surface area contributed by atoms with Crippen molar-refractivity contribution in [1.82, 2.24) is 15.1 Å². The molecular weight excluding hydrogens is 320 g/mol. The summed E-state index contributed by atoms with van der Waals surface area (Å²) in [4.78, 5) is 20.4. The molecule has 138 valence electrons. The Morgan fingerprint density at radius 2 is 1.80 bits per heavy atom. The first kappa shape index (κ1) is 19.1. The van der Waals surface area contributed by atoms with Crippen LogP contribution in [0.25, 0.3) is 0 Å². The van der Waals surface area contributed by atoms with Crippen molar-refractivity contribution in [2.24, 2.45) is 4.99 Å². The number of aliphatic imine (C=N–C) groups is 1. The summed E-state index contributed by atoms with van der Waals surface area (Å²) in [5.41, 5.74) is 1.92. The Labute approximate surface area is 149 Å². The monoisotopic (exact) mass is 348 g/mol. The predicted molar refractivity (Wildman–Crippen MR) is 97.3 cm³/mol. The lowest BCUT2D eigenvalue weighted by atomic mass is 10.1. The molecule has 1 saturated heterocycles. The molecule has 0 unspecified atom stereocenters. The first-order valence-corrected chi connectivity index (χ1v) is 8.82. The van der Waals surface area contributed by atoms with Crippen LogP contribution >= 0.6 is 0 Å². The highest BCUT2D eigenvalue weighted by atomic mass is 16.6. The number of aliphatic hydroxyl groups is 1. The topological polar surface area (TPSA) is 77.4 Å². The van der Waals surface area contributed by atoms with Crippen LogP contribution in [0.4, 0.5) is 4.79 Å². The number of rotatable bonds is 5. The maximum Gasteiger partial charge on any atom is 0.409 e. The van der Waals surface area contributed by atoms with Gasteiger partial charge in [0.25, 0.3) is 0 Å². The summed E-state index contributed by atoms with van der Waals surface area (Å²) in [5, 5.41) is 12.7. The zero-order valence-electron chi connectivity index (χ0n) is 15.1. The van der Waals surface area contributed by atoms with Gasteiger partial charge in [0.05, 0.1) is 19.8 Å². The second-order valence-electron chi connectivity index (χ2n) is 5.77. The number of aliphatic hydroxyl groups excluding tert-OH is 1. The standard InChI is InChI=1S/C18H28N4O3/c1-3-19-17(20-13-15-7-5-6-8-16(15)14-23)21-9-11-22(12-10-21)18(24)25-4-2/h5-8,23H,3-4,9-14H2,1-2H3,(H,19,20). The Hall–Kier alpha value is -2.28. The molecule has 0 radical (unpaired) electrons. The number of hydrogen-bond donors (Lipinski definition) is 2. The summed E-state index contributed by atoms with van der Waals surface area (Å²) in [5.74, 6) is 0.832. The zero-order chi connectivity index (χ0) is 18.1. The van der Waals surface area contributed by atoms with Crippen LogP contribution < -0.4 is 5.32 Å². The van der Waals surface area contributed by atoms with Crippen molar-refractivity contribution in [2.45, 2.75) is 27.0 Å². The maximum atomic E-state index is 11.8. The Balaban J connectivity index is 2.00. The van der Waals surface area contributed by atoms with Gasteiger partial charge in [-0.1, -0.05) is 24.3 Å². The van der Waals surface area contributed by atoms with Gasteiger partial charge in [-0.15, -0.1) is 0 Å². The Morgan fingerprint density at radius 3 is 2.40 bits per heavy atom. The van der Waals surface area contributed by atoms with Crippen LogP contribution in [-0.4, -0.2) is 66.3 Å². The van der Waals surface area contributed by atoms with Gasteiger partial charge < -0.3 is 25.0 Å². The number of ether oxygens (including phenoxy) is 1. The molecule has 7 nitrogen and oxygen atoms in total. The van der Waals surface area contributed by atoms with Crippen molar-refractivity contribution in [3.05, 3.63) is 35.4 Å². The average molecular weight is 348 g/mol. The zero-order valence-corrected chi connectivity index (χ0v) is 15.1. The summed E-state index contributed by atoms with van der Waals surface area (Å²) in [6, 6.07) is 7.76. The minimum absolute atomic E-state index is 0.0143. The maximum absolute atomic E-state index is 11.8. The summed E-state index contributed by atoms with van der Waals surface area (Å²) in [6.07, 6.45) is -0.249. The first-order valence-electron chi connectivity index (χ1n) is 8.82. The molecule has 0 atom stereocenters. The average Bonchev–Trinajstić information content (AvgIpc) is 2.65. The summed E-state index contributed by atoms with van der Waals surface area (Å²) in [6.45, 7) is 8.22. The van der Waals surface area contributed by atoms with Crippen LogP contribution in [0.15, 0.2) is 29.3 Å². The summed E-state index contributed by atoms with van der Waals surface area (Å²) in [7, 11) is 0. The molecule has 0 aliphatic carbocycles. The molecule has 1 aromatic carbocycles. The van der Waals surface area contributed by atoms with E-state index in [0.717, 1.165) is 23.6 Å². The molecule has 1 fully saturated rings. The third kappa shape index (κ3) is 5.35. The second-order valence-corrected chi connectivity index (χ2v) is 5.77. The van der Waals surface area contributed by atoms with Crippen LogP contribution in [0.5, 0.6) is 0 Å². The minimum atomic E-state index is -0.249. The fourth-order valence-electron chi connectivity index (χ4n) is 2.77. The van der Waals surface area contributed by atoms with E-state index in [4.69, 9.17) is 9.73 Å². The molecule has 0 spiro atoms. The predicted octanol–water partition coefficient (Wildman–Crippen LogP) is 1.42. The van der Waals surface area contributed by atoms with Gasteiger partial charge >= 0.3 is 6.09 Å². The molecule has 1 aliphatic heterocycles. The van der Waals surface area contributed by atoms with Crippen molar-refractivity contribution in [3.63, 3.8) is 0 Å². The minimum Gasteiger partial charge on any atom is -0.450 e. The number of guanidine groups is 1. The number of amides is 1. The van der Waals surface area contributed by atoms with Gasteiger partial charge in [-0.3, -0.25) is 0 Å². The van der Waals surface area contributed by atoms with Crippen LogP contribution in [-0.2, 0) is 17.9 Å². The Bertz CT molecular complexity index is 583. The van der Waals surface area contributed by atoms with Crippen molar-refractivity contribution in [1.29, 1.82) is 0 Å². The SMILES string of the molecule is CCNC(=NCc1ccccc1CO)N1CCN(C(=O)OCC)CC1. The number of carbonyl (C=O) groups is 1. The number of hydrogen-bond acceptors (Lipinski definition) is 4. The second kappa shape index (κ2) is 9.88. The van der Waals surface area contributed by atoms with Gasteiger partial charge in [0.2, 0.25) is 0 Å². The van der Waals surface area contributed by atoms with Gasteiger partial charge in [0.15, 0.2) is 5.96 Å². The Morgan fingerprint density at radius 1 is 1.16 bits per heavy atom. The molecule has 1 amide bonds. The first-order chi connectivity index (χ1) is 12.2. The van der Waals surface area contributed by atoms with E-state index in [1.165, 1.54) is 0 Å². The molecular formula is C18H28N4O3. The molecule has 2 N–H and O–H groups in total. The van der Waals surface area contributed by atoms with Crippen LogP contribution in [0.2, 0.25) is 0 Å². The van der Waals surface area contributed by atoms with E-state index >= 15 is 0 Å². The lowest BCUT2D eigenvalue weighted by molar-refractivity contribution is 0.0914.